The Balaban J connectivity index is 1.14. The maximum absolute atomic E-state index is 2.49. The van der Waals surface area contributed by atoms with Crippen molar-refractivity contribution in [3.05, 3.63) is 203 Å². The maximum Gasteiger partial charge on any atom is 0.0159 e. The molecule has 0 fully saturated rings. The molecule has 282 valence electrons. The van der Waals surface area contributed by atoms with Crippen LogP contribution < -0.4 is 0 Å². The minimum absolute atomic E-state index is 0.0418. The van der Waals surface area contributed by atoms with Crippen molar-refractivity contribution < 1.29 is 0 Å². The van der Waals surface area contributed by atoms with Gasteiger partial charge in [-0.2, -0.15) is 0 Å². The molecule has 0 atom stereocenters. The third kappa shape index (κ3) is 4.61. The van der Waals surface area contributed by atoms with Crippen molar-refractivity contribution in [3.8, 4) is 66.8 Å². The average molecular weight is 755 g/mol. The summed E-state index contributed by atoms with van der Waals surface area (Å²) in [5, 5.41) is 5.13. The fourth-order valence-corrected chi connectivity index (χ4v) is 11.6. The van der Waals surface area contributed by atoms with E-state index >= 15 is 0 Å². The highest BCUT2D eigenvalue weighted by molar-refractivity contribution is 6.22. The Morgan fingerprint density at radius 2 is 0.593 bits per heavy atom. The lowest BCUT2D eigenvalue weighted by Crippen LogP contribution is -2.14. The van der Waals surface area contributed by atoms with Gasteiger partial charge in [-0.1, -0.05) is 187 Å². The lowest BCUT2D eigenvalue weighted by atomic mass is 9.80. The zero-order valence-corrected chi connectivity index (χ0v) is 34.7. The molecule has 0 unspecified atom stereocenters. The molecule has 9 aromatic rings. The van der Waals surface area contributed by atoms with E-state index in [1.165, 1.54) is 122 Å². The molecule has 12 rings (SSSR count). The molecule has 0 nitrogen and oxygen atoms in total. The third-order valence-electron chi connectivity index (χ3n) is 14.7. The van der Waals surface area contributed by atoms with Gasteiger partial charge in [-0.3, -0.25) is 0 Å². The molecule has 0 bridgehead atoms. The van der Waals surface area contributed by atoms with Crippen molar-refractivity contribution in [2.45, 2.75) is 57.8 Å². The molecule has 9 aromatic carbocycles. The molecule has 0 N–H and O–H groups in total. The Hall–Kier alpha value is -6.50. The summed E-state index contributed by atoms with van der Waals surface area (Å²) in [5.41, 5.74) is 24.0. The topological polar surface area (TPSA) is 0 Å². The summed E-state index contributed by atoms with van der Waals surface area (Å²) >= 11 is 0. The lowest BCUT2D eigenvalue weighted by Gasteiger charge is -2.23. The van der Waals surface area contributed by atoms with Crippen LogP contribution in [0.25, 0.3) is 88.3 Å². The second-order valence-electron chi connectivity index (χ2n) is 18.8. The van der Waals surface area contributed by atoms with Crippen molar-refractivity contribution in [2.24, 2.45) is 0 Å². The first kappa shape index (κ1) is 34.5. The molecule has 0 heteroatoms. The summed E-state index contributed by atoms with van der Waals surface area (Å²) in [6.07, 6.45) is 0. The largest absolute Gasteiger partial charge is 0.0619 e. The second kappa shape index (κ2) is 11.8. The quantitative estimate of drug-likeness (QED) is 0.158. The molecule has 3 aliphatic carbocycles. The standard InChI is InChI=1S/C59H46/c1-57(2)50-21-13-10-16-40(50)46-32-37(25-29-52(46)57)55-43-18-7-8-19-44(43)56(38-26-30-53-47(33-38)41-17-11-14-22-51(41)58(53,3)4)48-31-35(24-28-45(48)55)36-23-27-42-39-15-9-12-20-49(39)59(5,6)54(42)34-36/h7-34H,1-6H3. The van der Waals surface area contributed by atoms with Gasteiger partial charge in [0.05, 0.1) is 0 Å². The van der Waals surface area contributed by atoms with Crippen molar-refractivity contribution in [3.63, 3.8) is 0 Å². The molecule has 0 radical (unpaired) electrons. The van der Waals surface area contributed by atoms with Gasteiger partial charge in [0.2, 0.25) is 0 Å². The van der Waals surface area contributed by atoms with Crippen LogP contribution in [-0.4, -0.2) is 0 Å². The molecule has 3 aliphatic rings. The van der Waals surface area contributed by atoms with Crippen LogP contribution in [0.3, 0.4) is 0 Å². The fourth-order valence-electron chi connectivity index (χ4n) is 11.6. The number of benzene rings is 9. The first-order chi connectivity index (χ1) is 28.5. The van der Waals surface area contributed by atoms with Crippen LogP contribution in [0.15, 0.2) is 170 Å². The van der Waals surface area contributed by atoms with Gasteiger partial charge in [-0.15, -0.1) is 0 Å². The molecular formula is C59H46. The molecule has 0 saturated carbocycles. The van der Waals surface area contributed by atoms with E-state index in [0.717, 1.165) is 0 Å². The van der Waals surface area contributed by atoms with Crippen LogP contribution in [0.2, 0.25) is 0 Å². The van der Waals surface area contributed by atoms with E-state index in [-0.39, 0.29) is 16.2 Å². The van der Waals surface area contributed by atoms with Gasteiger partial charge in [0, 0.05) is 16.2 Å². The summed E-state index contributed by atoms with van der Waals surface area (Å²) < 4.78 is 0. The zero-order chi connectivity index (χ0) is 40.0. The monoisotopic (exact) mass is 754 g/mol. The Kier molecular flexibility index (Phi) is 6.91. The average Bonchev–Trinajstić information content (AvgIpc) is 3.74. The molecule has 0 aliphatic heterocycles. The van der Waals surface area contributed by atoms with Crippen molar-refractivity contribution in [2.75, 3.05) is 0 Å². The fraction of sp³-hybridized carbons (Fsp3) is 0.153. The minimum Gasteiger partial charge on any atom is -0.0619 e. The number of fused-ring (bicyclic) bond motifs is 11. The Morgan fingerprint density at radius 1 is 0.237 bits per heavy atom. The Labute approximate surface area is 347 Å². The van der Waals surface area contributed by atoms with Crippen LogP contribution in [0.1, 0.15) is 74.9 Å². The van der Waals surface area contributed by atoms with Crippen molar-refractivity contribution in [1.82, 2.24) is 0 Å². The third-order valence-corrected chi connectivity index (χ3v) is 14.7. The SMILES string of the molecule is CC1(C)c2ccccc2-c2cc(-c3c4ccccc4c(-c4ccc5c(c4)-c4ccccc4C5(C)C)c4cc(-c5ccc6c(c5)C(C)(C)c5ccccc5-6)ccc34)ccc21. The van der Waals surface area contributed by atoms with Crippen LogP contribution in [0.5, 0.6) is 0 Å². The smallest absolute Gasteiger partial charge is 0.0159 e. The highest BCUT2D eigenvalue weighted by atomic mass is 14.4. The molecule has 59 heavy (non-hydrogen) atoms. The molecule has 0 saturated heterocycles. The second-order valence-corrected chi connectivity index (χ2v) is 18.8. The van der Waals surface area contributed by atoms with E-state index in [0.29, 0.717) is 0 Å². The van der Waals surface area contributed by atoms with Crippen LogP contribution >= 0.6 is 0 Å². The van der Waals surface area contributed by atoms with E-state index in [4.69, 9.17) is 0 Å². The van der Waals surface area contributed by atoms with E-state index < -0.39 is 0 Å². The lowest BCUT2D eigenvalue weighted by molar-refractivity contribution is 0.660. The molecule has 0 heterocycles. The van der Waals surface area contributed by atoms with E-state index in [2.05, 4.69) is 211 Å². The molecule has 0 spiro atoms. The van der Waals surface area contributed by atoms with Crippen LogP contribution in [0.4, 0.5) is 0 Å². The zero-order valence-electron chi connectivity index (χ0n) is 34.7. The normalized spacial score (nSPS) is 15.7. The minimum atomic E-state index is -0.0669. The first-order valence-electron chi connectivity index (χ1n) is 21.3. The predicted molar refractivity (Wildman–Crippen MR) is 250 cm³/mol. The van der Waals surface area contributed by atoms with Gasteiger partial charge in [0.25, 0.3) is 0 Å². The number of hydrogen-bond donors (Lipinski definition) is 0. The van der Waals surface area contributed by atoms with Crippen LogP contribution in [0, 0.1) is 0 Å². The summed E-state index contributed by atoms with van der Waals surface area (Å²) in [7, 11) is 0. The first-order valence-corrected chi connectivity index (χ1v) is 21.3. The maximum atomic E-state index is 2.49. The van der Waals surface area contributed by atoms with E-state index in [1.807, 2.05) is 0 Å². The summed E-state index contributed by atoms with van der Waals surface area (Å²) in [6, 6.07) is 65.1. The van der Waals surface area contributed by atoms with Crippen molar-refractivity contribution in [1.29, 1.82) is 0 Å². The Morgan fingerprint density at radius 3 is 1.14 bits per heavy atom. The van der Waals surface area contributed by atoms with Gasteiger partial charge < -0.3 is 0 Å². The van der Waals surface area contributed by atoms with E-state index in [1.54, 1.807) is 0 Å². The van der Waals surface area contributed by atoms with Crippen molar-refractivity contribution >= 4 is 21.5 Å². The summed E-state index contributed by atoms with van der Waals surface area (Å²) in [5.74, 6) is 0. The van der Waals surface area contributed by atoms with Gasteiger partial charge in [0.15, 0.2) is 0 Å². The number of hydrogen-bond acceptors (Lipinski definition) is 0. The van der Waals surface area contributed by atoms with Crippen LogP contribution in [-0.2, 0) is 16.2 Å². The van der Waals surface area contributed by atoms with Gasteiger partial charge >= 0.3 is 0 Å². The summed E-state index contributed by atoms with van der Waals surface area (Å²) in [6.45, 7) is 14.2. The molecular weight excluding hydrogens is 709 g/mol. The summed E-state index contributed by atoms with van der Waals surface area (Å²) in [4.78, 5) is 0. The Bertz CT molecular complexity index is 3290. The van der Waals surface area contributed by atoms with Gasteiger partial charge in [-0.05, 0) is 146 Å². The van der Waals surface area contributed by atoms with Gasteiger partial charge in [0.1, 0.15) is 0 Å². The van der Waals surface area contributed by atoms with Gasteiger partial charge in [-0.25, -0.2) is 0 Å². The molecule has 0 amide bonds. The molecule has 0 aromatic heterocycles. The highest BCUT2D eigenvalue weighted by Crippen LogP contribution is 2.54. The highest BCUT2D eigenvalue weighted by Gasteiger charge is 2.38. The predicted octanol–water partition coefficient (Wildman–Crippen LogP) is 15.9. The number of rotatable bonds is 3. The van der Waals surface area contributed by atoms with E-state index in [9.17, 15) is 0 Å².